The Kier molecular flexibility index (Phi) is 6.14. The number of esters is 1. The summed E-state index contributed by atoms with van der Waals surface area (Å²) in [4.78, 5) is 12.8. The summed E-state index contributed by atoms with van der Waals surface area (Å²) in [5, 5.41) is 0.576. The summed E-state index contributed by atoms with van der Waals surface area (Å²) < 4.78 is 33.4. The Morgan fingerprint density at radius 1 is 1.47 bits per heavy atom. The van der Waals surface area contributed by atoms with E-state index >= 15 is 0 Å². The van der Waals surface area contributed by atoms with Gasteiger partial charge in [-0.3, -0.25) is 9.35 Å². The summed E-state index contributed by atoms with van der Waals surface area (Å²) in [6.07, 6.45) is 1.30. The Labute approximate surface area is 89.3 Å². The maximum atomic E-state index is 11.0. The smallest absolute Gasteiger partial charge is 0.307 e. The number of carbonyl (C=O) groups is 1. The number of carbonyl (C=O) groups excluding carboxylic acids is 1. The lowest BCUT2D eigenvalue weighted by atomic mass is 10.4. The Bertz CT molecular complexity index is 320. The third kappa shape index (κ3) is 11.0. The van der Waals surface area contributed by atoms with Crippen molar-refractivity contribution < 1.29 is 22.5 Å². The largest absolute Gasteiger partial charge is 0.461 e. The normalized spacial score (nSPS) is 12.3. The van der Waals surface area contributed by atoms with Crippen molar-refractivity contribution in [3.63, 3.8) is 0 Å². The van der Waals surface area contributed by atoms with Gasteiger partial charge in [0.05, 0.1) is 11.8 Å². The van der Waals surface area contributed by atoms with Crippen LogP contribution in [-0.2, 0) is 19.6 Å². The van der Waals surface area contributed by atoms with Gasteiger partial charge in [-0.15, -0.1) is 0 Å². The summed E-state index contributed by atoms with van der Waals surface area (Å²) in [6, 6.07) is 0. The molecular formula is C8H15NO5S. The zero-order chi connectivity index (χ0) is 11.9. The molecule has 0 aromatic heterocycles. The SMILES string of the molecule is CN(C)CCC(=O)OCC=CS(=O)(=O)O. The number of rotatable bonds is 6. The number of hydrogen-bond donors (Lipinski definition) is 1. The van der Waals surface area contributed by atoms with Crippen LogP contribution in [0.4, 0.5) is 0 Å². The molecule has 0 heterocycles. The molecule has 0 bridgehead atoms. The molecule has 15 heavy (non-hydrogen) atoms. The minimum Gasteiger partial charge on any atom is -0.461 e. The average molecular weight is 237 g/mol. The van der Waals surface area contributed by atoms with Gasteiger partial charge in [-0.1, -0.05) is 0 Å². The van der Waals surface area contributed by atoms with E-state index in [-0.39, 0.29) is 13.0 Å². The molecule has 0 amide bonds. The first-order chi connectivity index (χ1) is 6.81. The molecule has 0 aromatic rings. The van der Waals surface area contributed by atoms with Crippen molar-refractivity contribution in [1.82, 2.24) is 4.90 Å². The predicted octanol–water partition coefficient (Wildman–Crippen LogP) is -0.117. The fourth-order valence-corrected chi connectivity index (χ4v) is 1.01. The summed E-state index contributed by atoms with van der Waals surface area (Å²) in [6.45, 7) is 0.410. The van der Waals surface area contributed by atoms with Gasteiger partial charge in [0, 0.05) is 6.54 Å². The van der Waals surface area contributed by atoms with Crippen molar-refractivity contribution in [2.24, 2.45) is 0 Å². The highest BCUT2D eigenvalue weighted by Gasteiger charge is 2.02. The lowest BCUT2D eigenvalue weighted by Crippen LogP contribution is -2.18. The lowest BCUT2D eigenvalue weighted by molar-refractivity contribution is -0.142. The molecule has 0 fully saturated rings. The molecule has 88 valence electrons. The van der Waals surface area contributed by atoms with Crippen LogP contribution in [0.1, 0.15) is 6.42 Å². The van der Waals surface area contributed by atoms with Crippen LogP contribution in [0.3, 0.4) is 0 Å². The maximum Gasteiger partial charge on any atom is 0.307 e. The zero-order valence-corrected chi connectivity index (χ0v) is 9.53. The third-order valence-corrected chi connectivity index (χ3v) is 1.91. The third-order valence-electron chi connectivity index (χ3n) is 1.37. The summed E-state index contributed by atoms with van der Waals surface area (Å²) >= 11 is 0. The van der Waals surface area contributed by atoms with E-state index in [2.05, 4.69) is 4.74 Å². The topological polar surface area (TPSA) is 83.9 Å². The molecule has 0 saturated heterocycles. The lowest BCUT2D eigenvalue weighted by Gasteiger charge is -2.07. The molecule has 6 nitrogen and oxygen atoms in total. The fourth-order valence-electron chi connectivity index (χ4n) is 0.689. The van der Waals surface area contributed by atoms with Crippen LogP contribution in [0.15, 0.2) is 11.5 Å². The van der Waals surface area contributed by atoms with Crippen LogP contribution in [0, 0.1) is 0 Å². The van der Waals surface area contributed by atoms with E-state index in [1.807, 2.05) is 19.0 Å². The molecule has 0 unspecified atom stereocenters. The first-order valence-electron chi connectivity index (χ1n) is 4.25. The Morgan fingerprint density at radius 3 is 2.53 bits per heavy atom. The van der Waals surface area contributed by atoms with Gasteiger partial charge in [-0.05, 0) is 20.2 Å². The van der Waals surface area contributed by atoms with Crippen LogP contribution in [0.2, 0.25) is 0 Å². The van der Waals surface area contributed by atoms with Crippen molar-refractivity contribution in [3.8, 4) is 0 Å². The zero-order valence-electron chi connectivity index (χ0n) is 8.71. The fraction of sp³-hybridized carbons (Fsp3) is 0.625. The second-order valence-corrected chi connectivity index (χ2v) is 4.43. The van der Waals surface area contributed by atoms with Gasteiger partial charge in [0.1, 0.15) is 6.61 Å². The van der Waals surface area contributed by atoms with Crippen molar-refractivity contribution in [3.05, 3.63) is 11.5 Å². The van der Waals surface area contributed by atoms with E-state index in [1.54, 1.807) is 0 Å². The average Bonchev–Trinajstić information content (AvgIpc) is 2.07. The van der Waals surface area contributed by atoms with Gasteiger partial charge in [0.15, 0.2) is 0 Å². The highest BCUT2D eigenvalue weighted by Crippen LogP contribution is 1.90. The standard InChI is InChI=1S/C8H15NO5S/c1-9(2)5-4-8(10)14-6-3-7-15(11,12)13/h3,7H,4-6H2,1-2H3,(H,11,12,13). The van der Waals surface area contributed by atoms with Crippen LogP contribution in [-0.4, -0.2) is 51.1 Å². The van der Waals surface area contributed by atoms with Crippen molar-refractivity contribution in [1.29, 1.82) is 0 Å². The van der Waals surface area contributed by atoms with Crippen molar-refractivity contribution in [2.75, 3.05) is 27.2 Å². The van der Waals surface area contributed by atoms with Crippen LogP contribution in [0.5, 0.6) is 0 Å². The summed E-state index contributed by atoms with van der Waals surface area (Å²) in [5.41, 5.74) is 0. The first-order valence-corrected chi connectivity index (χ1v) is 5.76. The summed E-state index contributed by atoms with van der Waals surface area (Å²) in [7, 11) is -0.478. The Hall–Kier alpha value is -0.920. The molecule has 0 saturated carbocycles. The molecule has 0 aliphatic heterocycles. The molecule has 0 aliphatic rings. The van der Waals surface area contributed by atoms with Crippen LogP contribution < -0.4 is 0 Å². The molecule has 0 aliphatic carbocycles. The van der Waals surface area contributed by atoms with Gasteiger partial charge >= 0.3 is 5.97 Å². The highest BCUT2D eigenvalue weighted by atomic mass is 32.2. The molecule has 0 atom stereocenters. The first kappa shape index (κ1) is 14.1. The quantitative estimate of drug-likeness (QED) is 0.512. The van der Waals surface area contributed by atoms with Crippen LogP contribution in [0.25, 0.3) is 0 Å². The van der Waals surface area contributed by atoms with E-state index in [0.717, 1.165) is 6.08 Å². The second-order valence-electron chi connectivity index (χ2n) is 3.12. The molecular weight excluding hydrogens is 222 g/mol. The van der Waals surface area contributed by atoms with Gasteiger partial charge in [-0.25, -0.2) is 0 Å². The van der Waals surface area contributed by atoms with Gasteiger partial charge in [-0.2, -0.15) is 8.42 Å². The molecule has 0 aromatic carbocycles. The van der Waals surface area contributed by atoms with E-state index in [1.165, 1.54) is 0 Å². The predicted molar refractivity (Wildman–Crippen MR) is 54.8 cm³/mol. The summed E-state index contributed by atoms with van der Waals surface area (Å²) in [5.74, 6) is -0.413. The van der Waals surface area contributed by atoms with Gasteiger partial charge < -0.3 is 9.64 Å². The van der Waals surface area contributed by atoms with E-state index in [9.17, 15) is 13.2 Å². The minimum absolute atomic E-state index is 0.161. The van der Waals surface area contributed by atoms with Crippen LogP contribution >= 0.6 is 0 Å². The molecule has 1 N–H and O–H groups in total. The minimum atomic E-state index is -4.13. The monoisotopic (exact) mass is 237 g/mol. The Morgan fingerprint density at radius 2 is 2.07 bits per heavy atom. The van der Waals surface area contributed by atoms with E-state index in [4.69, 9.17) is 4.55 Å². The molecule has 0 rings (SSSR count). The number of nitrogens with zero attached hydrogens (tertiary/aromatic N) is 1. The van der Waals surface area contributed by atoms with E-state index in [0.29, 0.717) is 12.0 Å². The number of hydrogen-bond acceptors (Lipinski definition) is 5. The van der Waals surface area contributed by atoms with Gasteiger partial charge in [0.2, 0.25) is 0 Å². The highest BCUT2D eigenvalue weighted by molar-refractivity contribution is 7.88. The van der Waals surface area contributed by atoms with Crippen molar-refractivity contribution >= 4 is 16.1 Å². The second kappa shape index (κ2) is 6.54. The Balaban J connectivity index is 3.69. The molecule has 0 radical (unpaired) electrons. The maximum absolute atomic E-state index is 11.0. The van der Waals surface area contributed by atoms with Gasteiger partial charge in [0.25, 0.3) is 10.1 Å². The molecule has 0 spiro atoms. The number of ether oxygens (including phenoxy) is 1. The van der Waals surface area contributed by atoms with E-state index < -0.39 is 16.1 Å². The molecule has 7 heteroatoms. The van der Waals surface area contributed by atoms with Crippen molar-refractivity contribution in [2.45, 2.75) is 6.42 Å².